The van der Waals surface area contributed by atoms with Gasteiger partial charge in [0, 0.05) is 4.88 Å². The van der Waals surface area contributed by atoms with E-state index in [-0.39, 0.29) is 0 Å². The van der Waals surface area contributed by atoms with Crippen molar-refractivity contribution in [1.82, 2.24) is 0 Å². The molecule has 1 rings (SSSR count). The number of aryl methyl sites for hydroxylation is 1. The lowest BCUT2D eigenvalue weighted by Crippen LogP contribution is -2.08. The molecule has 60 valence electrons. The molecule has 1 heterocycles. The van der Waals surface area contributed by atoms with E-state index in [1.54, 1.807) is 11.3 Å². The van der Waals surface area contributed by atoms with Crippen molar-refractivity contribution in [3.63, 3.8) is 0 Å². The highest BCUT2D eigenvalue weighted by molar-refractivity contribution is 7.09. The van der Waals surface area contributed by atoms with E-state index in [1.807, 2.05) is 17.5 Å². The Labute approximate surface area is 69.5 Å². The minimum absolute atomic E-state index is 0.532. The molecule has 0 aliphatic heterocycles. The SMILES string of the molecule is O=CC(O)CCc1cccs1. The van der Waals surface area contributed by atoms with Gasteiger partial charge in [0.05, 0.1) is 0 Å². The average Bonchev–Trinajstić information content (AvgIpc) is 2.52. The van der Waals surface area contributed by atoms with Crippen LogP contribution in [0.15, 0.2) is 17.5 Å². The maximum atomic E-state index is 10.0. The number of thiophene rings is 1. The zero-order valence-corrected chi connectivity index (χ0v) is 6.88. The molecule has 1 aromatic heterocycles. The topological polar surface area (TPSA) is 37.3 Å². The summed E-state index contributed by atoms with van der Waals surface area (Å²) in [6, 6.07) is 3.97. The van der Waals surface area contributed by atoms with Crippen molar-refractivity contribution in [2.75, 3.05) is 0 Å². The molecule has 0 aliphatic carbocycles. The first kappa shape index (κ1) is 8.43. The van der Waals surface area contributed by atoms with Gasteiger partial charge in [-0.2, -0.15) is 0 Å². The van der Waals surface area contributed by atoms with Gasteiger partial charge in [0.2, 0.25) is 0 Å². The van der Waals surface area contributed by atoms with E-state index in [0.29, 0.717) is 12.7 Å². The van der Waals surface area contributed by atoms with Gasteiger partial charge < -0.3 is 9.90 Å². The fraction of sp³-hybridized carbons (Fsp3) is 0.375. The van der Waals surface area contributed by atoms with Crippen LogP contribution in [-0.2, 0) is 11.2 Å². The van der Waals surface area contributed by atoms with E-state index in [0.717, 1.165) is 6.42 Å². The van der Waals surface area contributed by atoms with Crippen molar-refractivity contribution in [2.45, 2.75) is 18.9 Å². The van der Waals surface area contributed by atoms with Crippen molar-refractivity contribution in [3.05, 3.63) is 22.4 Å². The quantitative estimate of drug-likeness (QED) is 0.690. The zero-order chi connectivity index (χ0) is 8.10. The highest BCUT2D eigenvalue weighted by Crippen LogP contribution is 2.11. The molecule has 3 heteroatoms. The smallest absolute Gasteiger partial charge is 0.148 e. The fourth-order valence-corrected chi connectivity index (χ4v) is 1.54. The van der Waals surface area contributed by atoms with Crippen LogP contribution in [0.5, 0.6) is 0 Å². The van der Waals surface area contributed by atoms with Gasteiger partial charge in [-0.15, -0.1) is 11.3 Å². The second-order valence-electron chi connectivity index (χ2n) is 2.32. The summed E-state index contributed by atoms with van der Waals surface area (Å²) in [5, 5.41) is 10.9. The van der Waals surface area contributed by atoms with Crippen LogP contribution in [0.3, 0.4) is 0 Å². The van der Waals surface area contributed by atoms with Crippen LogP contribution in [0.1, 0.15) is 11.3 Å². The molecule has 0 amide bonds. The Morgan fingerprint density at radius 3 is 3.09 bits per heavy atom. The van der Waals surface area contributed by atoms with Gasteiger partial charge in [-0.25, -0.2) is 0 Å². The Bertz CT molecular complexity index is 206. The first-order valence-corrected chi connectivity index (χ1v) is 4.36. The second-order valence-corrected chi connectivity index (χ2v) is 3.35. The van der Waals surface area contributed by atoms with Crippen LogP contribution >= 0.6 is 11.3 Å². The van der Waals surface area contributed by atoms with Gasteiger partial charge in [0.15, 0.2) is 0 Å². The molecule has 1 atom stereocenters. The predicted molar refractivity (Wildman–Crippen MR) is 44.7 cm³/mol. The van der Waals surface area contributed by atoms with Crippen LogP contribution in [0.25, 0.3) is 0 Å². The molecule has 2 nitrogen and oxygen atoms in total. The van der Waals surface area contributed by atoms with Crippen LogP contribution in [-0.4, -0.2) is 17.5 Å². The molecular formula is C8H10O2S. The molecule has 0 aromatic carbocycles. The summed E-state index contributed by atoms with van der Waals surface area (Å²) < 4.78 is 0. The maximum Gasteiger partial charge on any atom is 0.148 e. The Morgan fingerprint density at radius 1 is 1.73 bits per heavy atom. The molecule has 1 N–H and O–H groups in total. The highest BCUT2D eigenvalue weighted by Gasteiger charge is 2.01. The van der Waals surface area contributed by atoms with Gasteiger partial charge >= 0.3 is 0 Å². The van der Waals surface area contributed by atoms with E-state index >= 15 is 0 Å². The largest absolute Gasteiger partial charge is 0.386 e. The molecule has 1 unspecified atom stereocenters. The molecule has 11 heavy (non-hydrogen) atoms. The number of hydrogen-bond donors (Lipinski definition) is 1. The highest BCUT2D eigenvalue weighted by atomic mass is 32.1. The Balaban J connectivity index is 2.28. The van der Waals surface area contributed by atoms with E-state index in [2.05, 4.69) is 0 Å². The zero-order valence-electron chi connectivity index (χ0n) is 6.06. The van der Waals surface area contributed by atoms with E-state index in [4.69, 9.17) is 5.11 Å². The lowest BCUT2D eigenvalue weighted by Gasteiger charge is -1.98. The molecule has 0 fully saturated rings. The van der Waals surface area contributed by atoms with Crippen LogP contribution in [0, 0.1) is 0 Å². The molecule has 0 spiro atoms. The van der Waals surface area contributed by atoms with Crippen molar-refractivity contribution in [2.24, 2.45) is 0 Å². The fourth-order valence-electron chi connectivity index (χ4n) is 0.813. The first-order valence-electron chi connectivity index (χ1n) is 3.48. The van der Waals surface area contributed by atoms with Crippen molar-refractivity contribution in [3.8, 4) is 0 Å². The lowest BCUT2D eigenvalue weighted by atomic mass is 10.2. The molecule has 0 saturated heterocycles. The molecule has 1 aromatic rings. The molecule has 0 aliphatic rings. The Kier molecular flexibility index (Phi) is 3.26. The second kappa shape index (κ2) is 4.26. The number of hydrogen-bond acceptors (Lipinski definition) is 3. The summed E-state index contributed by atoms with van der Waals surface area (Å²) in [5.41, 5.74) is 0. The minimum Gasteiger partial charge on any atom is -0.386 e. The summed E-state index contributed by atoms with van der Waals surface area (Å²) >= 11 is 1.65. The summed E-state index contributed by atoms with van der Waals surface area (Å²) in [5.74, 6) is 0. The number of aliphatic hydroxyl groups is 1. The van der Waals surface area contributed by atoms with Gasteiger partial charge in [-0.3, -0.25) is 0 Å². The molecule has 0 bridgehead atoms. The Hall–Kier alpha value is -0.670. The van der Waals surface area contributed by atoms with Crippen molar-refractivity contribution < 1.29 is 9.90 Å². The third-order valence-corrected chi connectivity index (χ3v) is 2.36. The van der Waals surface area contributed by atoms with Crippen molar-refractivity contribution >= 4 is 17.6 Å². The molecular weight excluding hydrogens is 160 g/mol. The first-order chi connectivity index (χ1) is 5.33. The molecule has 0 saturated carbocycles. The van der Waals surface area contributed by atoms with Gasteiger partial charge in [0.1, 0.15) is 12.4 Å². The van der Waals surface area contributed by atoms with Crippen LogP contribution in [0.2, 0.25) is 0 Å². The van der Waals surface area contributed by atoms with Gasteiger partial charge in [-0.05, 0) is 24.3 Å². The van der Waals surface area contributed by atoms with Crippen LogP contribution in [0.4, 0.5) is 0 Å². The van der Waals surface area contributed by atoms with Gasteiger partial charge in [-0.1, -0.05) is 6.07 Å². The molecule has 0 radical (unpaired) electrons. The summed E-state index contributed by atoms with van der Waals surface area (Å²) in [6.45, 7) is 0. The van der Waals surface area contributed by atoms with E-state index in [9.17, 15) is 4.79 Å². The third-order valence-electron chi connectivity index (χ3n) is 1.42. The third kappa shape index (κ3) is 2.82. The number of carbonyl (C=O) groups excluding carboxylic acids is 1. The normalized spacial score (nSPS) is 12.8. The standard InChI is InChI=1S/C8H10O2S/c9-6-7(10)3-4-8-2-1-5-11-8/h1-2,5-7,10H,3-4H2. The number of aliphatic hydroxyl groups excluding tert-OH is 1. The number of rotatable bonds is 4. The number of aldehydes is 1. The summed E-state index contributed by atoms with van der Waals surface area (Å²) in [4.78, 5) is 11.2. The summed E-state index contributed by atoms with van der Waals surface area (Å²) in [7, 11) is 0. The summed E-state index contributed by atoms with van der Waals surface area (Å²) in [6.07, 6.45) is 1.10. The minimum atomic E-state index is -0.794. The predicted octanol–water partition coefficient (Wildman–Crippen LogP) is 1.24. The van der Waals surface area contributed by atoms with Crippen LogP contribution < -0.4 is 0 Å². The Morgan fingerprint density at radius 2 is 2.55 bits per heavy atom. The van der Waals surface area contributed by atoms with Crippen molar-refractivity contribution in [1.29, 1.82) is 0 Å². The monoisotopic (exact) mass is 170 g/mol. The van der Waals surface area contributed by atoms with E-state index < -0.39 is 6.10 Å². The average molecular weight is 170 g/mol. The van der Waals surface area contributed by atoms with Gasteiger partial charge in [0.25, 0.3) is 0 Å². The van der Waals surface area contributed by atoms with E-state index in [1.165, 1.54) is 4.88 Å². The maximum absolute atomic E-state index is 10.0. The lowest BCUT2D eigenvalue weighted by molar-refractivity contribution is -0.115. The number of carbonyl (C=O) groups is 1.